The third-order valence-electron chi connectivity index (χ3n) is 2.98. The second-order valence-electron chi connectivity index (χ2n) is 4.12. The Bertz CT molecular complexity index is 408. The number of hydrogen-bond acceptors (Lipinski definition) is 1. The molecule has 0 aromatic heterocycles. The van der Waals surface area contributed by atoms with Gasteiger partial charge in [-0.15, -0.1) is 0 Å². The van der Waals surface area contributed by atoms with Crippen LogP contribution in [0.25, 0.3) is 0 Å². The molecule has 0 aliphatic rings. The van der Waals surface area contributed by atoms with Crippen LogP contribution in [0.3, 0.4) is 0 Å². The molecular formula is C16H16O. The SMILES string of the molecule is O=CCCC(c1ccccc1)c1ccccc1. The molecule has 2 aromatic carbocycles. The third kappa shape index (κ3) is 3.04. The number of benzene rings is 2. The standard InChI is InChI=1S/C16H16O/c17-13-7-12-16(14-8-3-1-4-9-14)15-10-5-2-6-11-15/h1-6,8-11,13,16H,7,12H2. The van der Waals surface area contributed by atoms with Gasteiger partial charge in [-0.2, -0.15) is 0 Å². The van der Waals surface area contributed by atoms with Crippen LogP contribution in [0.15, 0.2) is 60.7 Å². The van der Waals surface area contributed by atoms with E-state index in [4.69, 9.17) is 0 Å². The minimum atomic E-state index is 0.322. The summed E-state index contributed by atoms with van der Waals surface area (Å²) in [5.74, 6) is 0.322. The van der Waals surface area contributed by atoms with Crippen LogP contribution in [0.2, 0.25) is 0 Å². The van der Waals surface area contributed by atoms with Gasteiger partial charge >= 0.3 is 0 Å². The summed E-state index contributed by atoms with van der Waals surface area (Å²) in [7, 11) is 0. The van der Waals surface area contributed by atoms with Crippen LogP contribution in [-0.2, 0) is 4.79 Å². The number of carbonyl (C=O) groups excluding carboxylic acids is 1. The molecule has 0 saturated heterocycles. The van der Waals surface area contributed by atoms with Crippen molar-refractivity contribution in [1.29, 1.82) is 0 Å². The molecule has 1 heteroatoms. The Labute approximate surface area is 102 Å². The van der Waals surface area contributed by atoms with Crippen molar-refractivity contribution in [1.82, 2.24) is 0 Å². The fourth-order valence-electron chi connectivity index (χ4n) is 2.13. The maximum Gasteiger partial charge on any atom is 0.120 e. The van der Waals surface area contributed by atoms with Gasteiger partial charge in [-0.3, -0.25) is 0 Å². The zero-order valence-electron chi connectivity index (χ0n) is 9.75. The molecule has 0 amide bonds. The molecule has 1 nitrogen and oxygen atoms in total. The molecule has 0 N–H and O–H groups in total. The van der Waals surface area contributed by atoms with Gasteiger partial charge in [0.2, 0.25) is 0 Å². The predicted molar refractivity (Wildman–Crippen MR) is 70.0 cm³/mol. The van der Waals surface area contributed by atoms with Crippen molar-refractivity contribution in [2.24, 2.45) is 0 Å². The summed E-state index contributed by atoms with van der Waals surface area (Å²) in [5.41, 5.74) is 2.56. The van der Waals surface area contributed by atoms with Gasteiger partial charge in [0.15, 0.2) is 0 Å². The normalized spacial score (nSPS) is 10.4. The highest BCUT2D eigenvalue weighted by Gasteiger charge is 2.12. The Morgan fingerprint density at radius 3 is 1.71 bits per heavy atom. The van der Waals surface area contributed by atoms with E-state index in [0.29, 0.717) is 12.3 Å². The zero-order chi connectivity index (χ0) is 11.9. The first kappa shape index (κ1) is 11.6. The number of aldehydes is 1. The predicted octanol–water partition coefficient (Wildman–Crippen LogP) is 3.80. The first-order valence-electron chi connectivity index (χ1n) is 5.95. The molecule has 17 heavy (non-hydrogen) atoms. The number of rotatable bonds is 5. The van der Waals surface area contributed by atoms with Gasteiger partial charge in [0, 0.05) is 12.3 Å². The molecule has 0 aliphatic carbocycles. The van der Waals surface area contributed by atoms with E-state index in [1.165, 1.54) is 11.1 Å². The lowest BCUT2D eigenvalue weighted by molar-refractivity contribution is -0.107. The molecule has 2 aromatic rings. The van der Waals surface area contributed by atoms with Gasteiger partial charge in [-0.05, 0) is 17.5 Å². The van der Waals surface area contributed by atoms with Gasteiger partial charge in [-0.25, -0.2) is 0 Å². The van der Waals surface area contributed by atoms with Crippen molar-refractivity contribution in [3.05, 3.63) is 71.8 Å². The fraction of sp³-hybridized carbons (Fsp3) is 0.188. The molecule has 2 rings (SSSR count). The van der Waals surface area contributed by atoms with Crippen molar-refractivity contribution < 1.29 is 4.79 Å². The zero-order valence-corrected chi connectivity index (χ0v) is 9.75. The third-order valence-corrected chi connectivity index (χ3v) is 2.98. The van der Waals surface area contributed by atoms with E-state index in [2.05, 4.69) is 24.3 Å². The molecule has 0 heterocycles. The first-order valence-corrected chi connectivity index (χ1v) is 5.95. The van der Waals surface area contributed by atoms with Gasteiger partial charge in [-0.1, -0.05) is 60.7 Å². The Balaban J connectivity index is 2.29. The minimum Gasteiger partial charge on any atom is -0.303 e. The van der Waals surface area contributed by atoms with Crippen molar-refractivity contribution >= 4 is 6.29 Å². The van der Waals surface area contributed by atoms with E-state index < -0.39 is 0 Å². The van der Waals surface area contributed by atoms with Gasteiger partial charge < -0.3 is 4.79 Å². The average molecular weight is 224 g/mol. The number of carbonyl (C=O) groups is 1. The molecule has 0 spiro atoms. The summed E-state index contributed by atoms with van der Waals surface area (Å²) in [6.07, 6.45) is 2.48. The summed E-state index contributed by atoms with van der Waals surface area (Å²) < 4.78 is 0. The van der Waals surface area contributed by atoms with E-state index in [-0.39, 0.29) is 0 Å². The second kappa shape index (κ2) is 6.00. The van der Waals surface area contributed by atoms with Crippen LogP contribution in [-0.4, -0.2) is 6.29 Å². The highest BCUT2D eigenvalue weighted by molar-refractivity contribution is 5.50. The van der Waals surface area contributed by atoms with E-state index in [1.54, 1.807) is 0 Å². The lowest BCUT2D eigenvalue weighted by Gasteiger charge is -2.16. The van der Waals surface area contributed by atoms with Crippen molar-refractivity contribution in [2.75, 3.05) is 0 Å². The van der Waals surface area contributed by atoms with Crippen LogP contribution < -0.4 is 0 Å². The Kier molecular flexibility index (Phi) is 4.09. The van der Waals surface area contributed by atoms with Crippen molar-refractivity contribution in [3.8, 4) is 0 Å². The van der Waals surface area contributed by atoms with Crippen LogP contribution in [0.1, 0.15) is 29.9 Å². The molecule has 0 fully saturated rings. The largest absolute Gasteiger partial charge is 0.303 e. The summed E-state index contributed by atoms with van der Waals surface area (Å²) in [6, 6.07) is 20.7. The van der Waals surface area contributed by atoms with E-state index in [1.807, 2.05) is 36.4 Å². The quantitative estimate of drug-likeness (QED) is 0.706. The topological polar surface area (TPSA) is 17.1 Å². The van der Waals surface area contributed by atoms with E-state index >= 15 is 0 Å². The monoisotopic (exact) mass is 224 g/mol. The van der Waals surface area contributed by atoms with Crippen LogP contribution >= 0.6 is 0 Å². The van der Waals surface area contributed by atoms with Crippen LogP contribution in [0.4, 0.5) is 0 Å². The number of hydrogen-bond donors (Lipinski definition) is 0. The Hall–Kier alpha value is -1.89. The van der Waals surface area contributed by atoms with Crippen LogP contribution in [0.5, 0.6) is 0 Å². The lowest BCUT2D eigenvalue weighted by atomic mass is 9.88. The van der Waals surface area contributed by atoms with E-state index in [9.17, 15) is 4.79 Å². The fourth-order valence-corrected chi connectivity index (χ4v) is 2.13. The molecule has 0 unspecified atom stereocenters. The molecule has 86 valence electrons. The molecule has 0 radical (unpaired) electrons. The molecule has 0 aliphatic heterocycles. The second-order valence-corrected chi connectivity index (χ2v) is 4.12. The molecule has 0 bridgehead atoms. The molecular weight excluding hydrogens is 208 g/mol. The maximum absolute atomic E-state index is 10.6. The average Bonchev–Trinajstić information content (AvgIpc) is 2.42. The van der Waals surface area contributed by atoms with Crippen molar-refractivity contribution in [2.45, 2.75) is 18.8 Å². The Morgan fingerprint density at radius 1 is 0.824 bits per heavy atom. The molecule has 0 atom stereocenters. The first-order chi connectivity index (χ1) is 8.42. The van der Waals surface area contributed by atoms with Gasteiger partial charge in [0.1, 0.15) is 6.29 Å². The van der Waals surface area contributed by atoms with Crippen molar-refractivity contribution in [3.63, 3.8) is 0 Å². The Morgan fingerprint density at radius 2 is 1.29 bits per heavy atom. The highest BCUT2D eigenvalue weighted by atomic mass is 16.1. The summed E-state index contributed by atoms with van der Waals surface area (Å²) in [6.45, 7) is 0. The van der Waals surface area contributed by atoms with Crippen LogP contribution in [0, 0.1) is 0 Å². The highest BCUT2D eigenvalue weighted by Crippen LogP contribution is 2.28. The molecule has 0 saturated carbocycles. The van der Waals surface area contributed by atoms with E-state index in [0.717, 1.165) is 12.7 Å². The van der Waals surface area contributed by atoms with Gasteiger partial charge in [0.25, 0.3) is 0 Å². The minimum absolute atomic E-state index is 0.322. The lowest BCUT2D eigenvalue weighted by Crippen LogP contribution is -2.01. The smallest absolute Gasteiger partial charge is 0.120 e. The summed E-state index contributed by atoms with van der Waals surface area (Å²) in [4.78, 5) is 10.6. The maximum atomic E-state index is 10.6. The summed E-state index contributed by atoms with van der Waals surface area (Å²) in [5, 5.41) is 0. The summed E-state index contributed by atoms with van der Waals surface area (Å²) >= 11 is 0. The van der Waals surface area contributed by atoms with Gasteiger partial charge in [0.05, 0.1) is 0 Å².